The molecule has 1 atom stereocenters. The molecule has 15 heavy (non-hydrogen) atoms. The first-order valence-electron chi connectivity index (χ1n) is 5.03. The summed E-state index contributed by atoms with van der Waals surface area (Å²) in [6.07, 6.45) is 0. The molecule has 1 aromatic carbocycles. The highest BCUT2D eigenvalue weighted by Crippen LogP contribution is 2.27. The van der Waals surface area contributed by atoms with E-state index in [9.17, 15) is 0 Å². The van der Waals surface area contributed by atoms with Crippen molar-refractivity contribution < 1.29 is 14.3 Å². The molecular weight excluding hydrogens is 208 g/mol. The molecule has 1 aromatic rings. The lowest BCUT2D eigenvalue weighted by atomic mass is 9.96. The molecule has 84 valence electrons. The van der Waals surface area contributed by atoms with Crippen LogP contribution in [0.25, 0.3) is 0 Å². The molecule has 1 aliphatic rings. The van der Waals surface area contributed by atoms with Crippen LogP contribution in [0.15, 0.2) is 30.3 Å². The highest BCUT2D eigenvalue weighted by molar-refractivity contribution is 5.95. The summed E-state index contributed by atoms with van der Waals surface area (Å²) in [6.45, 7) is 4.12. The van der Waals surface area contributed by atoms with E-state index >= 15 is 0 Å². The Balaban J connectivity index is 0.000000531. The molecule has 1 unspecified atom stereocenters. The van der Waals surface area contributed by atoms with Gasteiger partial charge in [-0.3, -0.25) is 0 Å². The van der Waals surface area contributed by atoms with E-state index in [4.69, 9.17) is 14.3 Å². The third-order valence-electron chi connectivity index (χ3n) is 2.41. The first kappa shape index (κ1) is 12.4. The molecule has 1 saturated heterocycles. The normalized spacial score (nSPS) is 25.5. The van der Waals surface area contributed by atoms with Gasteiger partial charge in [-0.05, 0) is 12.5 Å². The van der Waals surface area contributed by atoms with Crippen LogP contribution in [-0.4, -0.2) is 35.1 Å². The third kappa shape index (κ3) is 3.14. The maximum Gasteiger partial charge on any atom is 0.141 e. The minimum Gasteiger partial charge on any atom is -0.442 e. The third-order valence-corrected chi connectivity index (χ3v) is 2.41. The van der Waals surface area contributed by atoms with Crippen molar-refractivity contribution in [2.75, 3.05) is 19.8 Å². The molecule has 0 amide bonds. The van der Waals surface area contributed by atoms with Crippen molar-refractivity contribution in [2.45, 2.75) is 12.5 Å². The molecular formula is C11H18O3Si. The second kappa shape index (κ2) is 6.02. The van der Waals surface area contributed by atoms with E-state index in [1.807, 2.05) is 18.2 Å². The van der Waals surface area contributed by atoms with Crippen molar-refractivity contribution in [3.63, 3.8) is 0 Å². The van der Waals surface area contributed by atoms with Gasteiger partial charge in [-0.2, -0.15) is 0 Å². The fourth-order valence-electron chi connectivity index (χ4n) is 1.59. The van der Waals surface area contributed by atoms with Gasteiger partial charge in [0, 0.05) is 0 Å². The van der Waals surface area contributed by atoms with Crippen molar-refractivity contribution in [3.8, 4) is 0 Å². The number of ether oxygens (including phenoxy) is 2. The lowest BCUT2D eigenvalue weighted by Crippen LogP contribution is -2.37. The van der Waals surface area contributed by atoms with E-state index in [2.05, 4.69) is 19.1 Å². The van der Waals surface area contributed by atoms with Gasteiger partial charge in [0.2, 0.25) is 0 Å². The fourth-order valence-corrected chi connectivity index (χ4v) is 1.59. The number of hydrogen-bond donors (Lipinski definition) is 1. The van der Waals surface area contributed by atoms with Gasteiger partial charge < -0.3 is 14.3 Å². The minimum absolute atomic E-state index is 0.250. The largest absolute Gasteiger partial charge is 0.442 e. The lowest BCUT2D eigenvalue weighted by molar-refractivity contribution is -0.152. The standard InChI is InChI=1S/C11H14O2.H4OSi/c1-11(9-12-7-8-13-11)10-5-3-2-4-6-10;1-2/h2-6H,7-9H2,1H3;1H,2H3. The van der Waals surface area contributed by atoms with Gasteiger partial charge in [0.15, 0.2) is 0 Å². The van der Waals surface area contributed by atoms with Crippen LogP contribution in [0, 0.1) is 0 Å². The second-order valence-electron chi connectivity index (χ2n) is 3.50. The average molecular weight is 226 g/mol. The highest BCUT2D eigenvalue weighted by atomic mass is 28.2. The average Bonchev–Trinajstić information content (AvgIpc) is 2.34. The lowest BCUT2D eigenvalue weighted by Gasteiger charge is -2.34. The summed E-state index contributed by atoms with van der Waals surface area (Å²) in [6, 6.07) is 10.2. The van der Waals surface area contributed by atoms with E-state index < -0.39 is 0 Å². The van der Waals surface area contributed by atoms with E-state index in [-0.39, 0.29) is 5.60 Å². The van der Waals surface area contributed by atoms with E-state index in [1.54, 1.807) is 0 Å². The number of benzene rings is 1. The first-order valence-corrected chi connectivity index (χ1v) is 5.93. The van der Waals surface area contributed by atoms with Crippen LogP contribution in [0.3, 0.4) is 0 Å². The van der Waals surface area contributed by atoms with E-state index in [0.717, 1.165) is 0 Å². The topological polar surface area (TPSA) is 38.7 Å². The molecule has 1 heterocycles. The predicted molar refractivity (Wildman–Crippen MR) is 62.7 cm³/mol. The Morgan fingerprint density at radius 2 is 1.87 bits per heavy atom. The molecule has 1 N–H and O–H groups in total. The zero-order chi connectivity index (χ0) is 11.1. The Morgan fingerprint density at radius 3 is 2.40 bits per heavy atom. The van der Waals surface area contributed by atoms with Crippen LogP contribution in [0.5, 0.6) is 0 Å². The quantitative estimate of drug-likeness (QED) is 0.696. The van der Waals surface area contributed by atoms with Crippen LogP contribution < -0.4 is 0 Å². The zero-order valence-corrected chi connectivity index (χ0v) is 11.3. The Hall–Kier alpha value is -0.683. The molecule has 4 heteroatoms. The van der Waals surface area contributed by atoms with Gasteiger partial charge in [-0.1, -0.05) is 30.3 Å². The van der Waals surface area contributed by atoms with Crippen molar-refractivity contribution in [2.24, 2.45) is 0 Å². The second-order valence-corrected chi connectivity index (χ2v) is 3.50. The van der Waals surface area contributed by atoms with Crippen LogP contribution in [-0.2, 0) is 15.1 Å². The monoisotopic (exact) mass is 226 g/mol. The van der Waals surface area contributed by atoms with Crippen LogP contribution in [0.2, 0.25) is 0 Å². The summed E-state index contributed by atoms with van der Waals surface area (Å²) in [5.74, 6) is 0. The van der Waals surface area contributed by atoms with Gasteiger partial charge in [0.25, 0.3) is 0 Å². The van der Waals surface area contributed by atoms with Crippen LogP contribution in [0.1, 0.15) is 12.5 Å². The molecule has 0 bridgehead atoms. The van der Waals surface area contributed by atoms with E-state index in [0.29, 0.717) is 30.3 Å². The van der Waals surface area contributed by atoms with Crippen molar-refractivity contribution in [3.05, 3.63) is 35.9 Å². The zero-order valence-electron chi connectivity index (χ0n) is 9.27. The predicted octanol–water partition coefficient (Wildman–Crippen LogP) is 0.208. The Bertz CT molecular complexity index is 270. The molecule has 0 aromatic heterocycles. The summed E-state index contributed by atoms with van der Waals surface area (Å²) in [5.41, 5.74) is 0.939. The summed E-state index contributed by atoms with van der Waals surface area (Å²) in [4.78, 5) is 7.14. The molecule has 0 spiro atoms. The van der Waals surface area contributed by atoms with Gasteiger partial charge in [0.1, 0.15) is 16.1 Å². The molecule has 0 radical (unpaired) electrons. The smallest absolute Gasteiger partial charge is 0.141 e. The van der Waals surface area contributed by atoms with Crippen LogP contribution in [0.4, 0.5) is 0 Å². The highest BCUT2D eigenvalue weighted by Gasteiger charge is 2.30. The van der Waals surface area contributed by atoms with Crippen molar-refractivity contribution in [1.29, 1.82) is 0 Å². The van der Waals surface area contributed by atoms with E-state index in [1.165, 1.54) is 5.56 Å². The molecule has 3 nitrogen and oxygen atoms in total. The maximum absolute atomic E-state index is 7.14. The summed E-state index contributed by atoms with van der Waals surface area (Å²) < 4.78 is 11.1. The first-order chi connectivity index (χ1) is 7.31. The summed E-state index contributed by atoms with van der Waals surface area (Å²) in [7, 11) is 0.306. The van der Waals surface area contributed by atoms with Gasteiger partial charge >= 0.3 is 0 Å². The fraction of sp³-hybridized carbons (Fsp3) is 0.455. The van der Waals surface area contributed by atoms with Crippen molar-refractivity contribution >= 4 is 10.5 Å². The molecule has 1 aliphatic heterocycles. The SMILES string of the molecule is CC1(c2ccccc2)COCCO1.O[SiH3]. The molecule has 1 fully saturated rings. The van der Waals surface area contributed by atoms with Crippen molar-refractivity contribution in [1.82, 2.24) is 0 Å². The Morgan fingerprint density at radius 1 is 1.20 bits per heavy atom. The summed E-state index contributed by atoms with van der Waals surface area (Å²) in [5, 5.41) is 0. The molecule has 2 rings (SSSR count). The number of rotatable bonds is 1. The van der Waals surface area contributed by atoms with Gasteiger partial charge in [-0.15, -0.1) is 0 Å². The molecule has 0 saturated carbocycles. The maximum atomic E-state index is 7.14. The minimum atomic E-state index is -0.250. The number of hydrogen-bond acceptors (Lipinski definition) is 3. The van der Waals surface area contributed by atoms with Gasteiger partial charge in [-0.25, -0.2) is 0 Å². The van der Waals surface area contributed by atoms with Crippen LogP contribution >= 0.6 is 0 Å². The Labute approximate surface area is 93.6 Å². The molecule has 0 aliphatic carbocycles. The summed E-state index contributed by atoms with van der Waals surface area (Å²) >= 11 is 0. The Kier molecular flexibility index (Phi) is 4.97. The van der Waals surface area contributed by atoms with Gasteiger partial charge in [0.05, 0.1) is 19.8 Å².